The van der Waals surface area contributed by atoms with Crippen molar-refractivity contribution in [2.45, 2.75) is 5.75 Å². The molecule has 21 heavy (non-hydrogen) atoms. The molecule has 0 aliphatic heterocycles. The number of amides is 1. The molecular formula is C16H15N3OS. The van der Waals surface area contributed by atoms with Crippen LogP contribution >= 0.6 is 11.8 Å². The molecule has 0 aliphatic rings. The Hall–Kier alpha value is -2.27. The van der Waals surface area contributed by atoms with Gasteiger partial charge in [-0.3, -0.25) is 9.89 Å². The molecule has 4 nitrogen and oxygen atoms in total. The number of rotatable bonds is 4. The summed E-state index contributed by atoms with van der Waals surface area (Å²) >= 11 is 1.76. The number of hydrogen-bond donors (Lipinski definition) is 2. The van der Waals surface area contributed by atoms with Gasteiger partial charge in [-0.1, -0.05) is 12.1 Å². The minimum Gasteiger partial charge on any atom is -0.322 e. The van der Waals surface area contributed by atoms with E-state index in [9.17, 15) is 4.79 Å². The lowest BCUT2D eigenvalue weighted by molar-refractivity contribution is 0.102. The Balaban J connectivity index is 1.75. The zero-order valence-corrected chi connectivity index (χ0v) is 12.4. The van der Waals surface area contributed by atoms with E-state index in [0.717, 1.165) is 22.3 Å². The first kappa shape index (κ1) is 13.7. The van der Waals surface area contributed by atoms with Gasteiger partial charge in [-0.2, -0.15) is 16.9 Å². The number of benzene rings is 2. The molecule has 106 valence electrons. The number of nitrogens with zero attached hydrogens (tertiary/aromatic N) is 1. The largest absolute Gasteiger partial charge is 0.322 e. The van der Waals surface area contributed by atoms with E-state index in [1.54, 1.807) is 18.0 Å². The number of H-pyrrole nitrogens is 1. The van der Waals surface area contributed by atoms with Gasteiger partial charge in [0.05, 0.1) is 11.7 Å². The number of carbonyl (C=O) groups excluding carboxylic acids is 1. The minimum absolute atomic E-state index is 0.107. The average Bonchev–Trinajstić information content (AvgIpc) is 2.96. The Kier molecular flexibility index (Phi) is 3.92. The van der Waals surface area contributed by atoms with E-state index in [4.69, 9.17) is 0 Å². The van der Waals surface area contributed by atoms with Gasteiger partial charge in [0.1, 0.15) is 0 Å². The van der Waals surface area contributed by atoms with Gasteiger partial charge in [0.25, 0.3) is 5.91 Å². The Morgan fingerprint density at radius 3 is 2.81 bits per heavy atom. The van der Waals surface area contributed by atoms with Crippen molar-refractivity contribution in [1.29, 1.82) is 0 Å². The van der Waals surface area contributed by atoms with Crippen molar-refractivity contribution in [2.24, 2.45) is 0 Å². The third-order valence-corrected chi connectivity index (χ3v) is 3.85. The molecule has 5 heteroatoms. The molecule has 0 atom stereocenters. The predicted octanol–water partition coefficient (Wildman–Crippen LogP) is 3.68. The lowest BCUT2D eigenvalue weighted by Crippen LogP contribution is -2.11. The van der Waals surface area contributed by atoms with Gasteiger partial charge in [-0.25, -0.2) is 0 Å². The highest BCUT2D eigenvalue weighted by Gasteiger charge is 2.07. The second kappa shape index (κ2) is 6.01. The number of hydrogen-bond acceptors (Lipinski definition) is 3. The zero-order valence-electron chi connectivity index (χ0n) is 11.6. The van der Waals surface area contributed by atoms with Crippen LogP contribution in [-0.2, 0) is 5.75 Å². The summed E-state index contributed by atoms with van der Waals surface area (Å²) in [7, 11) is 0. The molecular weight excluding hydrogens is 282 g/mol. The van der Waals surface area contributed by atoms with Crippen molar-refractivity contribution in [3.63, 3.8) is 0 Å². The van der Waals surface area contributed by atoms with E-state index in [0.29, 0.717) is 5.56 Å². The molecule has 1 heterocycles. The van der Waals surface area contributed by atoms with Crippen molar-refractivity contribution in [1.82, 2.24) is 10.2 Å². The van der Waals surface area contributed by atoms with Crippen molar-refractivity contribution in [2.75, 3.05) is 11.6 Å². The predicted molar refractivity (Wildman–Crippen MR) is 87.7 cm³/mol. The van der Waals surface area contributed by atoms with Crippen LogP contribution in [0.4, 0.5) is 5.69 Å². The van der Waals surface area contributed by atoms with Crippen LogP contribution in [0.5, 0.6) is 0 Å². The van der Waals surface area contributed by atoms with Crippen molar-refractivity contribution in [3.8, 4) is 0 Å². The minimum atomic E-state index is -0.107. The molecule has 2 aromatic carbocycles. The second-order valence-corrected chi connectivity index (χ2v) is 5.62. The maximum atomic E-state index is 12.2. The topological polar surface area (TPSA) is 57.8 Å². The summed E-state index contributed by atoms with van der Waals surface area (Å²) in [6.45, 7) is 0. The van der Waals surface area contributed by atoms with Crippen LogP contribution < -0.4 is 5.32 Å². The SMILES string of the molecule is CSCc1ccc(C(=O)Nc2ccc3cn[nH]c3c2)cc1. The fraction of sp³-hybridized carbons (Fsp3) is 0.125. The fourth-order valence-electron chi connectivity index (χ4n) is 2.14. The number of aromatic nitrogens is 2. The highest BCUT2D eigenvalue weighted by Crippen LogP contribution is 2.18. The molecule has 0 radical (unpaired) electrons. The molecule has 0 spiro atoms. The molecule has 0 saturated heterocycles. The number of anilines is 1. The van der Waals surface area contributed by atoms with Crippen LogP contribution in [0.15, 0.2) is 48.7 Å². The van der Waals surface area contributed by atoms with Crippen molar-refractivity contribution in [3.05, 3.63) is 59.8 Å². The number of thioether (sulfide) groups is 1. The zero-order chi connectivity index (χ0) is 14.7. The second-order valence-electron chi connectivity index (χ2n) is 4.76. The molecule has 0 bridgehead atoms. The van der Waals surface area contributed by atoms with Crippen LogP contribution in [0.25, 0.3) is 10.9 Å². The molecule has 0 fully saturated rings. The van der Waals surface area contributed by atoms with Crippen molar-refractivity contribution >= 4 is 34.3 Å². The van der Waals surface area contributed by atoms with Gasteiger partial charge in [0.15, 0.2) is 0 Å². The maximum absolute atomic E-state index is 12.2. The first-order chi connectivity index (χ1) is 10.3. The van der Waals surface area contributed by atoms with Gasteiger partial charge in [-0.05, 0) is 42.2 Å². The molecule has 0 unspecified atom stereocenters. The Labute approximate surface area is 126 Å². The van der Waals surface area contributed by atoms with Crippen LogP contribution in [0.2, 0.25) is 0 Å². The van der Waals surface area contributed by atoms with E-state index in [-0.39, 0.29) is 5.91 Å². The van der Waals surface area contributed by atoms with Crippen molar-refractivity contribution < 1.29 is 4.79 Å². The monoisotopic (exact) mass is 297 g/mol. The molecule has 3 aromatic rings. The number of fused-ring (bicyclic) bond motifs is 1. The van der Waals surface area contributed by atoms with Gasteiger partial charge in [0.2, 0.25) is 0 Å². The van der Waals surface area contributed by atoms with Crippen LogP contribution in [0.1, 0.15) is 15.9 Å². The van der Waals surface area contributed by atoms with Gasteiger partial charge in [0, 0.05) is 22.4 Å². The summed E-state index contributed by atoms with van der Waals surface area (Å²) in [6, 6.07) is 13.4. The highest BCUT2D eigenvalue weighted by atomic mass is 32.2. The molecule has 2 N–H and O–H groups in total. The van der Waals surface area contributed by atoms with Gasteiger partial charge < -0.3 is 5.32 Å². The van der Waals surface area contributed by atoms with E-state index < -0.39 is 0 Å². The molecule has 3 rings (SSSR count). The standard InChI is InChI=1S/C16H15N3OS/c1-21-10-11-2-4-12(5-3-11)16(20)18-14-7-6-13-9-17-19-15(13)8-14/h2-9H,10H2,1H3,(H,17,19)(H,18,20). The highest BCUT2D eigenvalue weighted by molar-refractivity contribution is 7.97. The lowest BCUT2D eigenvalue weighted by atomic mass is 10.1. The van der Waals surface area contributed by atoms with Crippen LogP contribution in [0.3, 0.4) is 0 Å². The van der Waals surface area contributed by atoms with Crippen LogP contribution in [-0.4, -0.2) is 22.4 Å². The molecule has 1 amide bonds. The fourth-order valence-corrected chi connectivity index (χ4v) is 2.66. The van der Waals surface area contributed by atoms with E-state index in [2.05, 4.69) is 21.8 Å². The summed E-state index contributed by atoms with van der Waals surface area (Å²) < 4.78 is 0. The van der Waals surface area contributed by atoms with E-state index >= 15 is 0 Å². The first-order valence-corrected chi connectivity index (χ1v) is 7.98. The van der Waals surface area contributed by atoms with E-state index in [1.165, 1.54) is 5.56 Å². The Morgan fingerprint density at radius 2 is 2.05 bits per heavy atom. The molecule has 0 aliphatic carbocycles. The average molecular weight is 297 g/mol. The summed E-state index contributed by atoms with van der Waals surface area (Å²) in [5.74, 6) is 0.850. The normalized spacial score (nSPS) is 10.7. The number of nitrogens with one attached hydrogen (secondary N) is 2. The smallest absolute Gasteiger partial charge is 0.255 e. The summed E-state index contributed by atoms with van der Waals surface area (Å²) in [5, 5.41) is 10.8. The third-order valence-electron chi connectivity index (χ3n) is 3.23. The van der Waals surface area contributed by atoms with Gasteiger partial charge >= 0.3 is 0 Å². The third kappa shape index (κ3) is 3.08. The summed E-state index contributed by atoms with van der Waals surface area (Å²) in [5.41, 5.74) is 3.54. The summed E-state index contributed by atoms with van der Waals surface area (Å²) in [4.78, 5) is 12.2. The summed E-state index contributed by atoms with van der Waals surface area (Å²) in [6.07, 6.45) is 3.82. The van der Waals surface area contributed by atoms with Crippen LogP contribution in [0, 0.1) is 0 Å². The lowest BCUT2D eigenvalue weighted by Gasteiger charge is -2.06. The Bertz CT molecular complexity index is 765. The molecule has 0 saturated carbocycles. The number of aromatic amines is 1. The molecule has 1 aromatic heterocycles. The van der Waals surface area contributed by atoms with E-state index in [1.807, 2.05) is 42.5 Å². The first-order valence-electron chi connectivity index (χ1n) is 6.58. The van der Waals surface area contributed by atoms with Gasteiger partial charge in [-0.15, -0.1) is 0 Å². The Morgan fingerprint density at radius 1 is 1.24 bits per heavy atom. The number of carbonyl (C=O) groups is 1. The maximum Gasteiger partial charge on any atom is 0.255 e. The quantitative estimate of drug-likeness (QED) is 0.772.